The van der Waals surface area contributed by atoms with Gasteiger partial charge in [0.1, 0.15) is 6.29 Å². The molecule has 43 heavy (non-hydrogen) atoms. The lowest BCUT2D eigenvalue weighted by Crippen LogP contribution is -2.28. The first kappa shape index (κ1) is 38.9. The van der Waals surface area contributed by atoms with Crippen molar-refractivity contribution in [3.05, 3.63) is 12.3 Å². The van der Waals surface area contributed by atoms with Crippen LogP contribution in [0.4, 0.5) is 12.0 Å². The molecule has 0 spiro atoms. The van der Waals surface area contributed by atoms with Gasteiger partial charge in [-0.05, 0) is 69.2 Å². The average Bonchev–Trinajstić information content (AvgIpc) is 3.42. The summed E-state index contributed by atoms with van der Waals surface area (Å²) in [5, 5.41) is 6.98. The molecule has 0 aliphatic heterocycles. The number of allylic oxidation sites excluding steroid dienone is 1. The van der Waals surface area contributed by atoms with E-state index in [1.54, 1.807) is 0 Å². The van der Waals surface area contributed by atoms with Gasteiger partial charge in [-0.25, -0.2) is 0 Å². The zero-order chi connectivity index (χ0) is 31.2. The fourth-order valence-electron chi connectivity index (χ4n) is 5.67. The Morgan fingerprint density at radius 1 is 0.860 bits per heavy atom. The van der Waals surface area contributed by atoms with Gasteiger partial charge in [-0.1, -0.05) is 110 Å². The van der Waals surface area contributed by atoms with E-state index < -0.39 is 0 Å². The van der Waals surface area contributed by atoms with Gasteiger partial charge < -0.3 is 30.0 Å². The fraction of sp³-hybridized carbons (Fsp3) is 0.857. The molecule has 0 saturated heterocycles. The largest absolute Gasteiger partial charge is 0.499 e. The summed E-state index contributed by atoms with van der Waals surface area (Å²) in [5.74, 6) is 2.26. The Kier molecular flexibility index (Phi) is 26.0. The maximum Gasteiger partial charge on any atom is 0.320 e. The number of rotatable bonds is 33. The molecule has 0 amide bonds. The van der Waals surface area contributed by atoms with Crippen LogP contribution < -0.4 is 11.1 Å². The van der Waals surface area contributed by atoms with Gasteiger partial charge in [-0.3, -0.25) is 0 Å². The third-order valence-electron chi connectivity index (χ3n) is 8.37. The highest BCUT2D eigenvalue weighted by Crippen LogP contribution is 2.22. The van der Waals surface area contributed by atoms with E-state index in [1.807, 2.05) is 0 Å². The smallest absolute Gasteiger partial charge is 0.320 e. The maximum atomic E-state index is 10.5. The highest BCUT2D eigenvalue weighted by molar-refractivity contribution is 5.48. The normalized spacial score (nSPS) is 11.4. The minimum absolute atomic E-state index is 0.0913. The molecule has 1 aromatic heterocycles. The number of aldehydes is 1. The number of nitrogen functional groups attached to an aromatic ring is 1. The third-order valence-corrected chi connectivity index (χ3v) is 8.37. The highest BCUT2D eigenvalue weighted by atomic mass is 16.5. The van der Waals surface area contributed by atoms with Crippen molar-refractivity contribution in [1.29, 1.82) is 0 Å². The lowest BCUT2D eigenvalue weighted by molar-refractivity contribution is -0.107. The molecule has 0 aliphatic carbocycles. The van der Waals surface area contributed by atoms with Crippen molar-refractivity contribution in [2.45, 2.75) is 155 Å². The Hall–Kier alpha value is -2.09. The molecule has 0 atom stereocenters. The van der Waals surface area contributed by atoms with Gasteiger partial charge in [-0.15, -0.1) is 0 Å². The summed E-state index contributed by atoms with van der Waals surface area (Å²) < 4.78 is 10.9. The molecule has 8 nitrogen and oxygen atoms in total. The number of unbranched alkanes of at least 4 members (excludes halogenated alkanes) is 13. The first-order valence-corrected chi connectivity index (χ1v) is 17.9. The minimum Gasteiger partial charge on any atom is -0.499 e. The number of aromatic nitrogens is 2. The molecule has 3 N–H and O–H groups in total. The summed E-state index contributed by atoms with van der Waals surface area (Å²) in [4.78, 5) is 17.1. The highest BCUT2D eigenvalue weighted by Gasteiger charge is 2.10. The van der Waals surface area contributed by atoms with Crippen LogP contribution in [0.25, 0.3) is 0 Å². The summed E-state index contributed by atoms with van der Waals surface area (Å²) in [6.07, 6.45) is 27.8. The molecule has 0 bridgehead atoms. The van der Waals surface area contributed by atoms with E-state index >= 15 is 0 Å². The number of carbonyl (C=O) groups excluding carboxylic acids is 1. The molecule has 8 heteroatoms. The predicted molar refractivity (Wildman–Crippen MR) is 181 cm³/mol. The third kappa shape index (κ3) is 24.0. The van der Waals surface area contributed by atoms with Crippen LogP contribution >= 0.6 is 0 Å². The van der Waals surface area contributed by atoms with Crippen LogP contribution in [0.5, 0.6) is 0 Å². The number of nitrogens with zero attached hydrogens (tertiary/aromatic N) is 3. The lowest BCUT2D eigenvalue weighted by Gasteiger charge is -2.22. The van der Waals surface area contributed by atoms with Gasteiger partial charge in [-0.2, -0.15) is 4.98 Å². The first-order chi connectivity index (χ1) is 21.1. The van der Waals surface area contributed by atoms with Gasteiger partial charge in [0, 0.05) is 19.4 Å². The number of carbonyl (C=O) groups is 1. The fourth-order valence-corrected chi connectivity index (χ4v) is 5.67. The second-order valence-corrected chi connectivity index (χ2v) is 12.4. The maximum absolute atomic E-state index is 10.5. The van der Waals surface area contributed by atoms with E-state index in [0.29, 0.717) is 12.4 Å². The Morgan fingerprint density at radius 3 is 2.07 bits per heavy atom. The minimum atomic E-state index is 0.0913. The van der Waals surface area contributed by atoms with Crippen molar-refractivity contribution in [3.8, 4) is 0 Å². The lowest BCUT2D eigenvalue weighted by atomic mass is 9.92. The summed E-state index contributed by atoms with van der Waals surface area (Å²) in [6, 6.07) is 0.0913. The number of anilines is 2. The molecular weight excluding hydrogens is 538 g/mol. The quantitative estimate of drug-likeness (QED) is 0.0464. The van der Waals surface area contributed by atoms with E-state index in [4.69, 9.17) is 15.0 Å². The van der Waals surface area contributed by atoms with Crippen molar-refractivity contribution in [2.24, 2.45) is 5.92 Å². The number of ether oxygens (including phenoxy) is 1. The van der Waals surface area contributed by atoms with E-state index in [9.17, 15) is 4.79 Å². The second kappa shape index (κ2) is 28.7. The Labute approximate surface area is 264 Å². The molecule has 0 aromatic carbocycles. The first-order valence-electron chi connectivity index (χ1n) is 17.9. The molecule has 0 unspecified atom stereocenters. The topological polar surface area (TPSA) is 107 Å². The summed E-state index contributed by atoms with van der Waals surface area (Å²) in [6.45, 7) is 13.8. The van der Waals surface area contributed by atoms with Crippen LogP contribution in [-0.2, 0) is 9.53 Å². The Balaban J connectivity index is 2.18. The van der Waals surface area contributed by atoms with Gasteiger partial charge in [0.25, 0.3) is 5.95 Å². The van der Waals surface area contributed by atoms with E-state index in [0.717, 1.165) is 76.4 Å². The summed E-state index contributed by atoms with van der Waals surface area (Å²) in [7, 11) is 0. The predicted octanol–water partition coefficient (Wildman–Crippen LogP) is 9.33. The Bertz CT molecular complexity index is 762. The number of nitrogens with one attached hydrogen (secondary N) is 1. The molecule has 1 rings (SSSR count). The van der Waals surface area contributed by atoms with Crippen molar-refractivity contribution in [3.63, 3.8) is 0 Å². The van der Waals surface area contributed by atoms with Crippen LogP contribution in [-0.4, -0.2) is 54.1 Å². The van der Waals surface area contributed by atoms with Gasteiger partial charge >= 0.3 is 6.01 Å². The van der Waals surface area contributed by atoms with Gasteiger partial charge in [0.05, 0.1) is 12.4 Å². The average molecular weight is 606 g/mol. The van der Waals surface area contributed by atoms with Crippen LogP contribution in [0.1, 0.15) is 155 Å². The SMILES string of the molecule is C=C(CCCCCCCN(CCCCCCCC=O)CCCNc1noc(N)n1)OCCC(CCCCC)CCCCC. The molecule has 0 saturated carbocycles. The van der Waals surface area contributed by atoms with Crippen molar-refractivity contribution in [1.82, 2.24) is 15.0 Å². The summed E-state index contributed by atoms with van der Waals surface area (Å²) in [5.41, 5.74) is 5.50. The zero-order valence-corrected chi connectivity index (χ0v) is 28.1. The van der Waals surface area contributed by atoms with Gasteiger partial charge in [0.2, 0.25) is 0 Å². The number of nitrogens with two attached hydrogens (primary N) is 1. The molecule has 0 fully saturated rings. The van der Waals surface area contributed by atoms with Crippen molar-refractivity contribution < 1.29 is 14.1 Å². The van der Waals surface area contributed by atoms with Crippen LogP contribution in [0.3, 0.4) is 0 Å². The molecule has 0 radical (unpaired) electrons. The molecular formula is C35H67N5O3. The van der Waals surface area contributed by atoms with Gasteiger partial charge in [0.15, 0.2) is 0 Å². The number of hydrogen-bond acceptors (Lipinski definition) is 8. The van der Waals surface area contributed by atoms with Crippen molar-refractivity contribution >= 4 is 18.2 Å². The van der Waals surface area contributed by atoms with Crippen LogP contribution in [0.15, 0.2) is 16.9 Å². The van der Waals surface area contributed by atoms with Crippen LogP contribution in [0.2, 0.25) is 0 Å². The van der Waals surface area contributed by atoms with Crippen molar-refractivity contribution in [2.75, 3.05) is 43.8 Å². The molecule has 1 aromatic rings. The second-order valence-electron chi connectivity index (χ2n) is 12.4. The zero-order valence-electron chi connectivity index (χ0n) is 28.1. The molecule has 1 heterocycles. The van der Waals surface area contributed by atoms with Crippen LogP contribution in [0, 0.1) is 5.92 Å². The van der Waals surface area contributed by atoms with E-state index in [1.165, 1.54) is 109 Å². The van der Waals surface area contributed by atoms with E-state index in [2.05, 4.69) is 40.8 Å². The molecule has 0 aliphatic rings. The molecule has 250 valence electrons. The Morgan fingerprint density at radius 2 is 1.47 bits per heavy atom. The summed E-state index contributed by atoms with van der Waals surface area (Å²) >= 11 is 0. The monoisotopic (exact) mass is 606 g/mol. The standard InChI is InChI=1S/C35H67N5O3/c1-4-6-15-23-33(24-16-7-5-2)25-31-42-32(3)22-17-11-10-13-19-28-40(27-18-12-8-9-14-20-30-41)29-21-26-37-35-38-34(36)43-39-35/h30,33H,3-29,31H2,1-2H3,(H3,36,37,38,39). The number of hydrogen-bond donors (Lipinski definition) is 2. The van der Waals surface area contributed by atoms with E-state index in [-0.39, 0.29) is 6.01 Å².